The monoisotopic (exact) mass is 460 g/mol. The third-order valence-electron chi connectivity index (χ3n) is 5.82. The van der Waals surface area contributed by atoms with Gasteiger partial charge in [-0.2, -0.15) is 5.26 Å². The van der Waals surface area contributed by atoms with Gasteiger partial charge in [-0.05, 0) is 48.7 Å². The summed E-state index contributed by atoms with van der Waals surface area (Å²) < 4.78 is 16.0. The van der Waals surface area contributed by atoms with Gasteiger partial charge in [0, 0.05) is 42.0 Å². The lowest BCUT2D eigenvalue weighted by molar-refractivity contribution is 0.491. The first-order valence-electron chi connectivity index (χ1n) is 10.7. The van der Waals surface area contributed by atoms with Gasteiger partial charge in [0.05, 0.1) is 23.7 Å². The first-order chi connectivity index (χ1) is 16.0. The molecule has 33 heavy (non-hydrogen) atoms. The number of nitrogens with two attached hydrogens (primary N) is 1. The molecule has 1 atom stereocenters. The summed E-state index contributed by atoms with van der Waals surface area (Å²) in [4.78, 5) is 25.6. The minimum atomic E-state index is -0.456. The number of halogens is 1. The van der Waals surface area contributed by atoms with Crippen molar-refractivity contribution in [1.82, 2.24) is 14.5 Å². The van der Waals surface area contributed by atoms with Gasteiger partial charge in [0.1, 0.15) is 10.5 Å². The summed E-state index contributed by atoms with van der Waals surface area (Å²) in [6, 6.07) is 11.7. The van der Waals surface area contributed by atoms with E-state index in [0.717, 1.165) is 29.8 Å². The van der Waals surface area contributed by atoms with Crippen molar-refractivity contribution < 1.29 is 4.39 Å². The van der Waals surface area contributed by atoms with Crippen LogP contribution in [0, 0.1) is 17.1 Å². The van der Waals surface area contributed by atoms with Gasteiger partial charge < -0.3 is 10.6 Å². The summed E-state index contributed by atoms with van der Waals surface area (Å²) in [6.45, 7) is 1.34. The molecule has 0 saturated carbocycles. The van der Waals surface area contributed by atoms with E-state index in [2.05, 4.69) is 11.1 Å². The number of hydrogen-bond acceptors (Lipinski definition) is 7. The second-order valence-electron chi connectivity index (χ2n) is 8.13. The number of hydrogen-bond donors (Lipinski definition) is 1. The Balaban J connectivity index is 1.69. The third-order valence-corrected chi connectivity index (χ3v) is 6.98. The van der Waals surface area contributed by atoms with Gasteiger partial charge in [-0.3, -0.25) is 14.3 Å². The molecule has 166 valence electrons. The van der Waals surface area contributed by atoms with Crippen LogP contribution in [-0.2, 0) is 6.54 Å². The molecule has 0 amide bonds. The van der Waals surface area contributed by atoms with E-state index in [1.807, 2.05) is 23.1 Å². The minimum Gasteiger partial charge on any atom is -0.341 e. The number of pyridine rings is 1. The van der Waals surface area contributed by atoms with Crippen molar-refractivity contribution in [3.05, 3.63) is 76.1 Å². The number of anilines is 1. The van der Waals surface area contributed by atoms with E-state index in [0.29, 0.717) is 33.8 Å². The Labute approximate surface area is 193 Å². The largest absolute Gasteiger partial charge is 0.341 e. The third kappa shape index (κ3) is 4.11. The fourth-order valence-electron chi connectivity index (χ4n) is 4.20. The van der Waals surface area contributed by atoms with E-state index in [-0.39, 0.29) is 18.1 Å². The maximum Gasteiger partial charge on any atom is 0.273 e. The molecule has 1 saturated heterocycles. The second kappa shape index (κ2) is 8.73. The van der Waals surface area contributed by atoms with Crippen LogP contribution in [0.15, 0.2) is 53.6 Å². The molecule has 9 heteroatoms. The standard InChI is InChI=1S/C24H21FN6OS/c25-18-6-5-15(11-26)17(9-18)13-31-23(32)22-20(10-21(33-22)16-3-1-7-28-12-16)29-24(31)30-8-2-4-19(27)14-30/h1,3,5-7,9-10,12,19H,2,4,8,13-14,27H2/t19-/m1/s1. The molecule has 0 bridgehead atoms. The number of nitrogens with zero attached hydrogens (tertiary/aromatic N) is 5. The van der Waals surface area contributed by atoms with Crippen LogP contribution in [0.4, 0.5) is 10.3 Å². The number of rotatable bonds is 4. The zero-order valence-electron chi connectivity index (χ0n) is 17.7. The molecule has 4 heterocycles. The lowest BCUT2D eigenvalue weighted by Crippen LogP contribution is -2.45. The first-order valence-corrected chi connectivity index (χ1v) is 11.5. The van der Waals surface area contributed by atoms with Crippen LogP contribution in [0.3, 0.4) is 0 Å². The highest BCUT2D eigenvalue weighted by molar-refractivity contribution is 7.22. The molecule has 0 aliphatic carbocycles. The molecule has 7 nitrogen and oxygen atoms in total. The highest BCUT2D eigenvalue weighted by atomic mass is 32.1. The zero-order chi connectivity index (χ0) is 22.9. The summed E-state index contributed by atoms with van der Waals surface area (Å²) in [7, 11) is 0. The maximum absolute atomic E-state index is 14.0. The van der Waals surface area contributed by atoms with Gasteiger partial charge in [-0.15, -0.1) is 11.3 Å². The predicted molar refractivity (Wildman–Crippen MR) is 127 cm³/mol. The molecule has 0 spiro atoms. The Morgan fingerprint density at radius 1 is 1.30 bits per heavy atom. The molecule has 0 radical (unpaired) electrons. The van der Waals surface area contributed by atoms with Crippen LogP contribution < -0.4 is 16.2 Å². The molecule has 1 aromatic carbocycles. The molecule has 4 aromatic rings. The number of thiophene rings is 1. The van der Waals surface area contributed by atoms with Crippen LogP contribution in [0.25, 0.3) is 20.7 Å². The molecule has 3 aromatic heterocycles. The predicted octanol–water partition coefficient (Wildman–Crippen LogP) is 3.51. The Hall–Kier alpha value is -3.61. The van der Waals surface area contributed by atoms with Crippen LogP contribution in [0.1, 0.15) is 24.0 Å². The molecule has 5 rings (SSSR count). The van der Waals surface area contributed by atoms with Crippen molar-refractivity contribution in [2.75, 3.05) is 18.0 Å². The number of nitriles is 1. The van der Waals surface area contributed by atoms with Crippen LogP contribution >= 0.6 is 11.3 Å². The Morgan fingerprint density at radius 2 is 2.18 bits per heavy atom. The molecular weight excluding hydrogens is 439 g/mol. The van der Waals surface area contributed by atoms with Crippen molar-refractivity contribution in [3.8, 4) is 16.5 Å². The Kier molecular flexibility index (Phi) is 5.62. The Morgan fingerprint density at radius 3 is 2.94 bits per heavy atom. The van der Waals surface area contributed by atoms with E-state index >= 15 is 0 Å². The highest BCUT2D eigenvalue weighted by Crippen LogP contribution is 2.32. The normalized spacial score (nSPS) is 16.2. The summed E-state index contributed by atoms with van der Waals surface area (Å²) in [5, 5.41) is 9.50. The fourth-order valence-corrected chi connectivity index (χ4v) is 5.23. The topological polar surface area (TPSA) is 101 Å². The summed E-state index contributed by atoms with van der Waals surface area (Å²) in [5.74, 6) is 0.0361. The number of aromatic nitrogens is 3. The van der Waals surface area contributed by atoms with E-state index in [1.165, 1.54) is 29.5 Å². The van der Waals surface area contributed by atoms with Gasteiger partial charge in [0.25, 0.3) is 5.56 Å². The first kappa shape index (κ1) is 21.2. The molecule has 1 aliphatic rings. The molecule has 1 fully saturated rings. The van der Waals surface area contributed by atoms with E-state index in [4.69, 9.17) is 10.7 Å². The Bertz CT molecular complexity index is 1420. The van der Waals surface area contributed by atoms with Crippen LogP contribution in [0.5, 0.6) is 0 Å². The average molecular weight is 461 g/mol. The van der Waals surface area contributed by atoms with Gasteiger partial charge in [0.2, 0.25) is 5.95 Å². The minimum absolute atomic E-state index is 0.0166. The number of piperidine rings is 1. The summed E-state index contributed by atoms with van der Waals surface area (Å²) in [5.41, 5.74) is 8.26. The van der Waals surface area contributed by atoms with Gasteiger partial charge in [0.15, 0.2) is 0 Å². The number of benzene rings is 1. The fraction of sp³-hybridized carbons (Fsp3) is 0.250. The lowest BCUT2D eigenvalue weighted by Gasteiger charge is -2.33. The van der Waals surface area contributed by atoms with E-state index < -0.39 is 5.82 Å². The quantitative estimate of drug-likeness (QED) is 0.500. The van der Waals surface area contributed by atoms with E-state index in [9.17, 15) is 14.4 Å². The number of fused-ring (bicyclic) bond motifs is 1. The molecule has 0 unspecified atom stereocenters. The lowest BCUT2D eigenvalue weighted by atomic mass is 10.1. The highest BCUT2D eigenvalue weighted by Gasteiger charge is 2.24. The van der Waals surface area contributed by atoms with Crippen molar-refractivity contribution in [1.29, 1.82) is 5.26 Å². The van der Waals surface area contributed by atoms with E-state index in [1.54, 1.807) is 17.0 Å². The average Bonchev–Trinajstić information content (AvgIpc) is 3.26. The molecule has 1 aliphatic heterocycles. The van der Waals surface area contributed by atoms with Gasteiger partial charge >= 0.3 is 0 Å². The summed E-state index contributed by atoms with van der Waals surface area (Å²) >= 11 is 1.35. The van der Waals surface area contributed by atoms with Gasteiger partial charge in [-0.1, -0.05) is 6.07 Å². The van der Waals surface area contributed by atoms with Crippen molar-refractivity contribution >= 4 is 27.5 Å². The SMILES string of the molecule is N#Cc1ccc(F)cc1Cn1c(N2CCC[C@@H](N)C2)nc2cc(-c3cccnc3)sc2c1=O. The maximum atomic E-state index is 14.0. The smallest absolute Gasteiger partial charge is 0.273 e. The van der Waals surface area contributed by atoms with Gasteiger partial charge in [-0.25, -0.2) is 9.37 Å². The van der Waals surface area contributed by atoms with Crippen molar-refractivity contribution in [2.24, 2.45) is 5.73 Å². The second-order valence-corrected chi connectivity index (χ2v) is 9.18. The van der Waals surface area contributed by atoms with Crippen molar-refractivity contribution in [3.63, 3.8) is 0 Å². The molecular formula is C24H21FN6OS. The van der Waals surface area contributed by atoms with Crippen molar-refractivity contribution in [2.45, 2.75) is 25.4 Å². The van der Waals surface area contributed by atoms with Crippen LogP contribution in [-0.4, -0.2) is 33.7 Å². The summed E-state index contributed by atoms with van der Waals surface area (Å²) in [6.07, 6.45) is 5.25. The van der Waals surface area contributed by atoms with Crippen LogP contribution in [0.2, 0.25) is 0 Å². The molecule has 2 N–H and O–H groups in total. The zero-order valence-corrected chi connectivity index (χ0v) is 18.6.